The molecule has 6 heteroatoms. The van der Waals surface area contributed by atoms with Crippen LogP contribution in [0.5, 0.6) is 0 Å². The molecule has 0 bridgehead atoms. The largest absolute Gasteiger partial charge is 0.347 e. The van der Waals surface area contributed by atoms with Crippen LogP contribution in [0.15, 0.2) is 24.4 Å². The van der Waals surface area contributed by atoms with E-state index in [0.717, 1.165) is 56.0 Å². The number of fused-ring (bicyclic) bond motifs is 2. The van der Waals surface area contributed by atoms with Crippen LogP contribution in [0.3, 0.4) is 0 Å². The number of halogens is 1. The number of aryl methyl sites for hydroxylation is 2. The van der Waals surface area contributed by atoms with Crippen molar-refractivity contribution in [1.82, 2.24) is 14.9 Å². The van der Waals surface area contributed by atoms with E-state index >= 15 is 0 Å². The standard InChI is InChI=1S/C21H25ClN4O/c1-14-11-15(5-6-17(14)22)19(27)26-10-4-8-21(13-26)9-7-16-12-23-20(25(2)3)24-18(16)21/h5-6,11-12H,4,7-10,13H2,1-3H3. The van der Waals surface area contributed by atoms with Gasteiger partial charge in [-0.1, -0.05) is 11.6 Å². The van der Waals surface area contributed by atoms with Crippen LogP contribution < -0.4 is 4.90 Å². The van der Waals surface area contributed by atoms with Crippen molar-refractivity contribution in [3.63, 3.8) is 0 Å². The van der Waals surface area contributed by atoms with Gasteiger partial charge >= 0.3 is 0 Å². The first-order chi connectivity index (χ1) is 12.9. The zero-order valence-corrected chi connectivity index (χ0v) is 16.9. The topological polar surface area (TPSA) is 49.3 Å². The number of hydrogen-bond acceptors (Lipinski definition) is 4. The summed E-state index contributed by atoms with van der Waals surface area (Å²) in [5.74, 6) is 0.830. The number of amides is 1. The average Bonchev–Trinajstić information content (AvgIpc) is 3.00. The van der Waals surface area contributed by atoms with Gasteiger partial charge in [-0.05, 0) is 61.9 Å². The third-order valence-corrected chi connectivity index (χ3v) is 6.32. The number of carbonyl (C=O) groups is 1. The second-order valence-corrected chi connectivity index (χ2v) is 8.42. The molecule has 4 rings (SSSR count). The summed E-state index contributed by atoms with van der Waals surface area (Å²) in [6.07, 6.45) is 6.07. The number of rotatable bonds is 2. The minimum atomic E-state index is -0.0432. The van der Waals surface area contributed by atoms with Crippen molar-refractivity contribution >= 4 is 23.5 Å². The predicted octanol–water partition coefficient (Wildman–Crippen LogP) is 3.62. The fourth-order valence-electron chi connectivity index (χ4n) is 4.41. The van der Waals surface area contributed by atoms with Crippen LogP contribution in [0.2, 0.25) is 5.02 Å². The van der Waals surface area contributed by atoms with Crippen molar-refractivity contribution in [3.05, 3.63) is 51.8 Å². The van der Waals surface area contributed by atoms with Crippen LogP contribution in [-0.4, -0.2) is 48.0 Å². The van der Waals surface area contributed by atoms with Crippen LogP contribution in [-0.2, 0) is 11.8 Å². The Labute approximate surface area is 165 Å². The number of hydrogen-bond donors (Lipinski definition) is 0. The molecule has 0 saturated carbocycles. The fourth-order valence-corrected chi connectivity index (χ4v) is 4.53. The van der Waals surface area contributed by atoms with Gasteiger partial charge in [0.25, 0.3) is 5.91 Å². The molecule has 1 amide bonds. The molecule has 0 N–H and O–H groups in total. The monoisotopic (exact) mass is 384 g/mol. The third kappa shape index (κ3) is 3.18. The van der Waals surface area contributed by atoms with E-state index in [4.69, 9.17) is 16.6 Å². The summed E-state index contributed by atoms with van der Waals surface area (Å²) in [6.45, 7) is 3.46. The Hall–Kier alpha value is -2.14. The molecule has 1 aliphatic heterocycles. The molecule has 1 aromatic carbocycles. The molecule has 1 atom stereocenters. The molecule has 2 aliphatic rings. The zero-order valence-electron chi connectivity index (χ0n) is 16.1. The molecule has 2 heterocycles. The first-order valence-electron chi connectivity index (χ1n) is 9.49. The minimum absolute atomic E-state index is 0.0432. The predicted molar refractivity (Wildman–Crippen MR) is 108 cm³/mol. The highest BCUT2D eigenvalue weighted by Gasteiger charge is 2.45. The lowest BCUT2D eigenvalue weighted by molar-refractivity contribution is 0.0633. The Morgan fingerprint density at radius 2 is 2.11 bits per heavy atom. The summed E-state index contributed by atoms with van der Waals surface area (Å²) in [5, 5.41) is 0.694. The van der Waals surface area contributed by atoms with Crippen LogP contribution in [0.1, 0.15) is 46.4 Å². The highest BCUT2D eigenvalue weighted by atomic mass is 35.5. The third-order valence-electron chi connectivity index (χ3n) is 5.90. The number of aromatic nitrogens is 2. The van der Waals surface area contributed by atoms with Gasteiger partial charge in [-0.2, -0.15) is 0 Å². The van der Waals surface area contributed by atoms with Gasteiger partial charge in [0, 0.05) is 49.4 Å². The molecule has 2 aromatic rings. The number of nitrogens with zero attached hydrogens (tertiary/aromatic N) is 4. The summed E-state index contributed by atoms with van der Waals surface area (Å²) in [6, 6.07) is 5.53. The molecule has 1 spiro atoms. The fraction of sp³-hybridized carbons (Fsp3) is 0.476. The maximum absolute atomic E-state index is 13.1. The molecule has 5 nitrogen and oxygen atoms in total. The first kappa shape index (κ1) is 18.2. The quantitative estimate of drug-likeness (QED) is 0.793. The summed E-state index contributed by atoms with van der Waals surface area (Å²) in [4.78, 5) is 26.4. The van der Waals surface area contributed by atoms with Gasteiger partial charge < -0.3 is 9.80 Å². The zero-order chi connectivity index (χ0) is 19.2. The van der Waals surface area contributed by atoms with Crippen molar-refractivity contribution in [1.29, 1.82) is 0 Å². The Balaban J connectivity index is 1.63. The van der Waals surface area contributed by atoms with E-state index < -0.39 is 0 Å². The second-order valence-electron chi connectivity index (χ2n) is 8.01. The molecule has 1 unspecified atom stereocenters. The molecule has 142 valence electrons. The SMILES string of the molecule is Cc1cc(C(=O)N2CCCC3(CCc4cnc(N(C)C)nc43)C2)ccc1Cl. The van der Waals surface area contributed by atoms with Crippen molar-refractivity contribution in [2.75, 3.05) is 32.1 Å². The maximum Gasteiger partial charge on any atom is 0.253 e. The molecule has 0 radical (unpaired) electrons. The molecular weight excluding hydrogens is 360 g/mol. The van der Waals surface area contributed by atoms with Crippen LogP contribution in [0, 0.1) is 6.92 Å². The van der Waals surface area contributed by atoms with E-state index in [2.05, 4.69) is 4.98 Å². The highest BCUT2D eigenvalue weighted by molar-refractivity contribution is 6.31. The molecule has 1 aliphatic carbocycles. The molecule has 1 saturated heterocycles. The van der Waals surface area contributed by atoms with Crippen molar-refractivity contribution < 1.29 is 4.79 Å². The lowest BCUT2D eigenvalue weighted by atomic mass is 9.77. The number of piperidine rings is 1. The lowest BCUT2D eigenvalue weighted by Crippen LogP contribution is -2.48. The van der Waals surface area contributed by atoms with Crippen LogP contribution in [0.25, 0.3) is 0 Å². The Bertz CT molecular complexity index is 894. The summed E-state index contributed by atoms with van der Waals surface area (Å²) in [5.41, 5.74) is 3.98. The molecule has 1 aromatic heterocycles. The average molecular weight is 385 g/mol. The van der Waals surface area contributed by atoms with Gasteiger partial charge in [0.05, 0.1) is 5.69 Å². The van der Waals surface area contributed by atoms with Crippen LogP contribution >= 0.6 is 11.6 Å². The van der Waals surface area contributed by atoms with Crippen LogP contribution in [0.4, 0.5) is 5.95 Å². The van der Waals surface area contributed by atoms with Gasteiger partial charge in [-0.25, -0.2) is 9.97 Å². The maximum atomic E-state index is 13.1. The Kier molecular flexibility index (Phi) is 4.58. The Morgan fingerprint density at radius 3 is 2.85 bits per heavy atom. The molecular formula is C21H25ClN4O. The minimum Gasteiger partial charge on any atom is -0.347 e. The number of anilines is 1. The van der Waals surface area contributed by atoms with E-state index in [0.29, 0.717) is 10.6 Å². The van der Waals surface area contributed by atoms with Crippen molar-refractivity contribution in [2.24, 2.45) is 0 Å². The summed E-state index contributed by atoms with van der Waals surface area (Å²) in [7, 11) is 3.92. The molecule has 27 heavy (non-hydrogen) atoms. The number of likely N-dealkylation sites (tertiary alicyclic amines) is 1. The Morgan fingerprint density at radius 1 is 1.30 bits per heavy atom. The first-order valence-corrected chi connectivity index (χ1v) is 9.87. The van der Waals surface area contributed by atoms with E-state index in [1.54, 1.807) is 0 Å². The summed E-state index contributed by atoms with van der Waals surface area (Å²) >= 11 is 6.12. The van der Waals surface area contributed by atoms with Gasteiger partial charge in [-0.3, -0.25) is 4.79 Å². The van der Waals surface area contributed by atoms with E-state index in [-0.39, 0.29) is 11.3 Å². The van der Waals surface area contributed by atoms with Crippen molar-refractivity contribution in [2.45, 2.75) is 38.0 Å². The van der Waals surface area contributed by atoms with E-state index in [9.17, 15) is 4.79 Å². The lowest BCUT2D eigenvalue weighted by Gasteiger charge is -2.40. The highest BCUT2D eigenvalue weighted by Crippen LogP contribution is 2.44. The van der Waals surface area contributed by atoms with Gasteiger partial charge in [0.15, 0.2) is 0 Å². The van der Waals surface area contributed by atoms with E-state index in [1.165, 1.54) is 5.56 Å². The number of carbonyl (C=O) groups excluding carboxylic acids is 1. The van der Waals surface area contributed by atoms with Gasteiger partial charge in [0.1, 0.15) is 0 Å². The van der Waals surface area contributed by atoms with E-state index in [1.807, 2.05) is 55.2 Å². The van der Waals surface area contributed by atoms with Gasteiger partial charge in [-0.15, -0.1) is 0 Å². The summed E-state index contributed by atoms with van der Waals surface area (Å²) < 4.78 is 0. The number of benzene rings is 1. The smallest absolute Gasteiger partial charge is 0.253 e. The molecule has 1 fully saturated rings. The second kappa shape index (κ2) is 6.79. The normalized spacial score (nSPS) is 21.4. The van der Waals surface area contributed by atoms with Gasteiger partial charge in [0.2, 0.25) is 5.95 Å². The van der Waals surface area contributed by atoms with Crippen molar-refractivity contribution in [3.8, 4) is 0 Å².